The Hall–Kier alpha value is -1.44. The van der Waals surface area contributed by atoms with Crippen LogP contribution in [0.1, 0.15) is 187 Å². The summed E-state index contributed by atoms with van der Waals surface area (Å²) in [7, 11) is -4.35. The highest BCUT2D eigenvalue weighted by Crippen LogP contribution is 2.14. The minimum atomic E-state index is -4.35. The summed E-state index contributed by atoms with van der Waals surface area (Å²) in [5.41, 5.74) is 0. The first-order chi connectivity index (χ1) is 22.3. The Morgan fingerprint density at radius 2 is 0.935 bits per heavy atom. The molecule has 0 bridgehead atoms. The molecule has 0 saturated carbocycles. The highest BCUT2D eigenvalue weighted by atomic mass is 32.2. The summed E-state index contributed by atoms with van der Waals surface area (Å²) in [4.78, 5) is 12.5. The lowest BCUT2D eigenvalue weighted by Gasteiger charge is -2.21. The standard InChI is InChI=1S/C39H73NO5S/c1-3-5-7-9-11-13-15-17-18-19-20-21-23-24-26-28-30-32-34-38(41)37(36-46(43,44)45)40-39(42)35-33-31-29-27-25-22-16-14-12-10-8-6-4-2/h19-20,24,26,32,34,37-38,41H,3-18,21-23,25,27-31,33,35-36H2,1-2H3,(H,40,42)(H,43,44,45)/b20-19+,26-24+,34-32+. The van der Waals surface area contributed by atoms with Crippen molar-refractivity contribution in [3.63, 3.8) is 0 Å². The molecule has 0 aliphatic carbocycles. The first kappa shape index (κ1) is 44.6. The van der Waals surface area contributed by atoms with Gasteiger partial charge in [-0.25, -0.2) is 0 Å². The van der Waals surface area contributed by atoms with Crippen LogP contribution in [0.5, 0.6) is 0 Å². The van der Waals surface area contributed by atoms with Crippen LogP contribution in [0, 0.1) is 0 Å². The molecule has 0 radical (unpaired) electrons. The van der Waals surface area contributed by atoms with Crippen molar-refractivity contribution >= 4 is 16.0 Å². The van der Waals surface area contributed by atoms with Crippen molar-refractivity contribution in [1.82, 2.24) is 5.32 Å². The van der Waals surface area contributed by atoms with Crippen LogP contribution in [0.4, 0.5) is 0 Å². The topological polar surface area (TPSA) is 104 Å². The van der Waals surface area contributed by atoms with Gasteiger partial charge in [0.1, 0.15) is 0 Å². The molecule has 6 nitrogen and oxygen atoms in total. The van der Waals surface area contributed by atoms with Gasteiger partial charge in [-0.1, -0.05) is 172 Å². The fourth-order valence-corrected chi connectivity index (χ4v) is 6.39. The lowest BCUT2D eigenvalue weighted by molar-refractivity contribution is -0.122. The van der Waals surface area contributed by atoms with Crippen molar-refractivity contribution in [1.29, 1.82) is 0 Å². The number of amides is 1. The second-order valence-electron chi connectivity index (χ2n) is 13.2. The Kier molecular flexibility index (Phi) is 32.4. The molecule has 0 fully saturated rings. The Labute approximate surface area is 285 Å². The molecule has 270 valence electrons. The first-order valence-corrected chi connectivity index (χ1v) is 20.8. The average molecular weight is 668 g/mol. The summed E-state index contributed by atoms with van der Waals surface area (Å²) >= 11 is 0. The fourth-order valence-electron chi connectivity index (χ4n) is 5.66. The highest BCUT2D eigenvalue weighted by Gasteiger charge is 2.24. The van der Waals surface area contributed by atoms with Gasteiger partial charge in [-0.3, -0.25) is 9.35 Å². The van der Waals surface area contributed by atoms with Gasteiger partial charge in [0.05, 0.1) is 17.9 Å². The Morgan fingerprint density at radius 1 is 0.565 bits per heavy atom. The number of nitrogens with one attached hydrogen (secondary N) is 1. The largest absolute Gasteiger partial charge is 0.387 e. The predicted octanol–water partition coefficient (Wildman–Crippen LogP) is 11.0. The molecule has 0 saturated heterocycles. The van der Waals surface area contributed by atoms with E-state index in [1.807, 2.05) is 0 Å². The van der Waals surface area contributed by atoms with E-state index in [-0.39, 0.29) is 12.3 Å². The van der Waals surface area contributed by atoms with E-state index in [1.54, 1.807) is 6.08 Å². The summed E-state index contributed by atoms with van der Waals surface area (Å²) in [5, 5.41) is 13.2. The molecule has 0 aromatic heterocycles. The van der Waals surface area contributed by atoms with Crippen molar-refractivity contribution < 1.29 is 22.9 Å². The SMILES string of the molecule is CCCCCCCCCC/C=C/CC/C=C/CC/C=C/C(O)C(CS(=O)(=O)O)NC(=O)CCCCCCCCCCCCCCC. The van der Waals surface area contributed by atoms with Gasteiger partial charge in [0.2, 0.25) is 5.91 Å². The van der Waals surface area contributed by atoms with E-state index in [0.717, 1.165) is 38.5 Å². The molecular formula is C39H73NO5S. The molecule has 0 rings (SSSR count). The minimum absolute atomic E-state index is 0.287. The van der Waals surface area contributed by atoms with Gasteiger partial charge >= 0.3 is 0 Å². The van der Waals surface area contributed by atoms with Crippen LogP contribution in [0.25, 0.3) is 0 Å². The van der Waals surface area contributed by atoms with Gasteiger partial charge in [0, 0.05) is 6.42 Å². The van der Waals surface area contributed by atoms with Crippen LogP contribution >= 0.6 is 0 Å². The monoisotopic (exact) mass is 668 g/mol. The molecule has 0 aliphatic heterocycles. The van der Waals surface area contributed by atoms with E-state index in [9.17, 15) is 22.9 Å². The Bertz CT molecular complexity index is 868. The molecule has 0 aromatic carbocycles. The summed E-state index contributed by atoms with van der Waals surface area (Å²) in [6.07, 6.45) is 42.7. The molecule has 3 N–H and O–H groups in total. The minimum Gasteiger partial charge on any atom is -0.387 e. The molecule has 2 atom stereocenters. The third-order valence-corrected chi connectivity index (χ3v) is 9.33. The Morgan fingerprint density at radius 3 is 1.37 bits per heavy atom. The normalized spacial score (nSPS) is 13.7. The van der Waals surface area contributed by atoms with Crippen molar-refractivity contribution in [2.45, 2.75) is 199 Å². The zero-order valence-corrected chi connectivity index (χ0v) is 30.8. The van der Waals surface area contributed by atoms with E-state index in [4.69, 9.17) is 0 Å². The fraction of sp³-hybridized carbons (Fsp3) is 0.821. The number of aliphatic hydroxyl groups is 1. The molecule has 0 aromatic rings. The number of allylic oxidation sites excluding steroid dienone is 5. The zero-order valence-electron chi connectivity index (χ0n) is 29.9. The zero-order chi connectivity index (χ0) is 34.0. The second-order valence-corrected chi connectivity index (χ2v) is 14.7. The summed E-state index contributed by atoms with van der Waals surface area (Å²) in [6.45, 7) is 4.50. The lowest BCUT2D eigenvalue weighted by atomic mass is 10.0. The molecule has 0 aliphatic rings. The predicted molar refractivity (Wildman–Crippen MR) is 198 cm³/mol. The van der Waals surface area contributed by atoms with Crippen molar-refractivity contribution in [2.24, 2.45) is 0 Å². The van der Waals surface area contributed by atoms with E-state index >= 15 is 0 Å². The maximum Gasteiger partial charge on any atom is 0.267 e. The molecular weight excluding hydrogens is 594 g/mol. The second kappa shape index (κ2) is 33.5. The summed E-state index contributed by atoms with van der Waals surface area (Å²) < 4.78 is 32.4. The van der Waals surface area contributed by atoms with Gasteiger partial charge in [-0.05, 0) is 44.9 Å². The van der Waals surface area contributed by atoms with Crippen LogP contribution in [-0.2, 0) is 14.9 Å². The summed E-state index contributed by atoms with van der Waals surface area (Å²) in [5.74, 6) is -1.01. The van der Waals surface area contributed by atoms with Crippen LogP contribution in [-0.4, -0.2) is 41.9 Å². The van der Waals surface area contributed by atoms with E-state index in [0.29, 0.717) is 6.42 Å². The van der Waals surface area contributed by atoms with Crippen LogP contribution < -0.4 is 5.32 Å². The van der Waals surface area contributed by atoms with Crippen LogP contribution in [0.15, 0.2) is 36.5 Å². The first-order valence-electron chi connectivity index (χ1n) is 19.2. The van der Waals surface area contributed by atoms with Gasteiger partial charge in [-0.15, -0.1) is 0 Å². The third kappa shape index (κ3) is 33.9. The quantitative estimate of drug-likeness (QED) is 0.0360. The van der Waals surface area contributed by atoms with Gasteiger partial charge in [-0.2, -0.15) is 8.42 Å². The van der Waals surface area contributed by atoms with Gasteiger partial charge in [0.15, 0.2) is 0 Å². The number of carbonyl (C=O) groups excluding carboxylic acids is 1. The average Bonchev–Trinajstić information content (AvgIpc) is 3.01. The Balaban J connectivity index is 4.04. The number of carbonyl (C=O) groups is 1. The molecule has 7 heteroatoms. The number of hydrogen-bond donors (Lipinski definition) is 3. The molecule has 1 amide bonds. The number of hydrogen-bond acceptors (Lipinski definition) is 4. The van der Waals surface area contributed by atoms with Gasteiger partial charge < -0.3 is 10.4 Å². The molecule has 0 heterocycles. The number of unbranched alkanes of at least 4 members (excludes halogenated alkanes) is 22. The summed E-state index contributed by atoms with van der Waals surface area (Å²) in [6, 6.07) is -1.08. The van der Waals surface area contributed by atoms with E-state index < -0.39 is 28.0 Å². The highest BCUT2D eigenvalue weighted by molar-refractivity contribution is 7.85. The number of rotatable bonds is 34. The number of aliphatic hydroxyl groups excluding tert-OH is 1. The van der Waals surface area contributed by atoms with Crippen molar-refractivity contribution in [3.05, 3.63) is 36.5 Å². The van der Waals surface area contributed by atoms with Crippen LogP contribution in [0.2, 0.25) is 0 Å². The lowest BCUT2D eigenvalue weighted by Crippen LogP contribution is -2.46. The van der Waals surface area contributed by atoms with Gasteiger partial charge in [0.25, 0.3) is 10.1 Å². The van der Waals surface area contributed by atoms with Crippen molar-refractivity contribution in [2.75, 3.05) is 5.75 Å². The van der Waals surface area contributed by atoms with E-state index in [2.05, 4.69) is 43.5 Å². The van der Waals surface area contributed by atoms with E-state index in [1.165, 1.54) is 128 Å². The molecule has 0 spiro atoms. The third-order valence-electron chi connectivity index (χ3n) is 8.55. The molecule has 46 heavy (non-hydrogen) atoms. The smallest absolute Gasteiger partial charge is 0.267 e. The maximum atomic E-state index is 12.5. The maximum absolute atomic E-state index is 12.5. The van der Waals surface area contributed by atoms with Crippen molar-refractivity contribution in [3.8, 4) is 0 Å². The molecule has 2 unspecified atom stereocenters. The van der Waals surface area contributed by atoms with Crippen LogP contribution in [0.3, 0.4) is 0 Å².